The maximum Gasteiger partial charge on any atom is 0.0890 e. The highest BCUT2D eigenvalue weighted by atomic mass is 14.8. The predicted octanol–water partition coefficient (Wildman–Crippen LogP) is 1.62. The molecule has 0 spiro atoms. The first-order valence-electron chi connectivity index (χ1n) is 5.26. The maximum absolute atomic E-state index is 5.78. The van der Waals surface area contributed by atoms with Crippen LogP contribution in [-0.4, -0.2) is 16.5 Å². The van der Waals surface area contributed by atoms with Crippen LogP contribution in [0.25, 0.3) is 11.0 Å². The molecule has 1 heterocycles. The van der Waals surface area contributed by atoms with E-state index in [0.29, 0.717) is 6.54 Å². The summed E-state index contributed by atoms with van der Waals surface area (Å²) in [6, 6.07) is 7.95. The predicted molar refractivity (Wildman–Crippen MR) is 59.5 cm³/mol. The monoisotopic (exact) mass is 199 g/mol. The second kappa shape index (κ2) is 3.00. The van der Waals surface area contributed by atoms with Crippen LogP contribution in [0.4, 0.5) is 0 Å². The van der Waals surface area contributed by atoms with Crippen LogP contribution in [0, 0.1) is 0 Å². The number of hydrogen-bond acceptors (Lipinski definition) is 3. The van der Waals surface area contributed by atoms with E-state index in [1.165, 1.54) is 0 Å². The first-order chi connectivity index (χ1) is 7.34. The van der Waals surface area contributed by atoms with Crippen LogP contribution in [0.1, 0.15) is 18.5 Å². The third-order valence-electron chi connectivity index (χ3n) is 3.24. The summed E-state index contributed by atoms with van der Waals surface area (Å²) in [6.45, 7) is 0.681. The molecule has 3 heteroatoms. The summed E-state index contributed by atoms with van der Waals surface area (Å²) in [6.07, 6.45) is 4.18. The Morgan fingerprint density at radius 3 is 2.60 bits per heavy atom. The molecule has 76 valence electrons. The topological polar surface area (TPSA) is 51.8 Å². The zero-order valence-electron chi connectivity index (χ0n) is 8.48. The van der Waals surface area contributed by atoms with Crippen molar-refractivity contribution in [3.63, 3.8) is 0 Å². The zero-order valence-corrected chi connectivity index (χ0v) is 8.48. The lowest BCUT2D eigenvalue weighted by molar-refractivity contribution is 0.678. The van der Waals surface area contributed by atoms with Crippen molar-refractivity contribution in [3.05, 3.63) is 36.2 Å². The van der Waals surface area contributed by atoms with Gasteiger partial charge in [0.15, 0.2) is 0 Å². The summed E-state index contributed by atoms with van der Waals surface area (Å²) >= 11 is 0. The average molecular weight is 199 g/mol. The zero-order chi connectivity index (χ0) is 10.3. The van der Waals surface area contributed by atoms with Crippen LogP contribution in [0.15, 0.2) is 30.5 Å². The van der Waals surface area contributed by atoms with Crippen molar-refractivity contribution < 1.29 is 0 Å². The molecular formula is C12H13N3. The standard InChI is InChI=1S/C12H13N3/c13-8-12(5-6-12)11-7-14-9-3-1-2-4-10(9)15-11/h1-4,7H,5-6,8,13H2. The number of nitrogens with zero attached hydrogens (tertiary/aromatic N) is 2. The molecule has 1 fully saturated rings. The Morgan fingerprint density at radius 2 is 1.93 bits per heavy atom. The van der Waals surface area contributed by atoms with Gasteiger partial charge >= 0.3 is 0 Å². The SMILES string of the molecule is NCC1(c2cnc3ccccc3n2)CC1. The Hall–Kier alpha value is -1.48. The van der Waals surface area contributed by atoms with Gasteiger partial charge in [-0.2, -0.15) is 0 Å². The van der Waals surface area contributed by atoms with E-state index in [0.717, 1.165) is 29.6 Å². The Kier molecular flexibility index (Phi) is 1.76. The lowest BCUT2D eigenvalue weighted by atomic mass is 10.0. The van der Waals surface area contributed by atoms with E-state index in [1.807, 2.05) is 30.5 Å². The molecule has 0 atom stereocenters. The van der Waals surface area contributed by atoms with E-state index in [4.69, 9.17) is 5.73 Å². The van der Waals surface area contributed by atoms with Crippen molar-refractivity contribution in [2.24, 2.45) is 5.73 Å². The van der Waals surface area contributed by atoms with Gasteiger partial charge in [0.1, 0.15) is 0 Å². The van der Waals surface area contributed by atoms with Crippen LogP contribution < -0.4 is 5.73 Å². The first-order valence-corrected chi connectivity index (χ1v) is 5.26. The van der Waals surface area contributed by atoms with Crippen LogP contribution in [0.5, 0.6) is 0 Å². The van der Waals surface area contributed by atoms with Crippen molar-refractivity contribution in [2.45, 2.75) is 18.3 Å². The number of aromatic nitrogens is 2. The van der Waals surface area contributed by atoms with Gasteiger partial charge in [-0.15, -0.1) is 0 Å². The fraction of sp³-hybridized carbons (Fsp3) is 0.333. The van der Waals surface area contributed by atoms with E-state index in [1.54, 1.807) is 0 Å². The highest BCUT2D eigenvalue weighted by Gasteiger charge is 2.44. The van der Waals surface area contributed by atoms with Crippen molar-refractivity contribution in [2.75, 3.05) is 6.54 Å². The van der Waals surface area contributed by atoms with Gasteiger partial charge in [0, 0.05) is 18.2 Å². The van der Waals surface area contributed by atoms with E-state index < -0.39 is 0 Å². The molecule has 0 amide bonds. The maximum atomic E-state index is 5.78. The second-order valence-corrected chi connectivity index (χ2v) is 4.23. The summed E-state index contributed by atoms with van der Waals surface area (Å²) in [7, 11) is 0. The van der Waals surface area contributed by atoms with Gasteiger partial charge < -0.3 is 5.73 Å². The summed E-state index contributed by atoms with van der Waals surface area (Å²) in [5.41, 5.74) is 8.89. The largest absolute Gasteiger partial charge is 0.330 e. The van der Waals surface area contributed by atoms with Crippen molar-refractivity contribution in [1.82, 2.24) is 9.97 Å². The van der Waals surface area contributed by atoms with E-state index in [-0.39, 0.29) is 5.41 Å². The number of benzene rings is 1. The molecule has 1 aromatic carbocycles. The third-order valence-corrected chi connectivity index (χ3v) is 3.24. The molecule has 2 N–H and O–H groups in total. The van der Waals surface area contributed by atoms with Gasteiger partial charge in [-0.3, -0.25) is 4.98 Å². The smallest absolute Gasteiger partial charge is 0.0890 e. The molecule has 1 saturated carbocycles. The number of rotatable bonds is 2. The minimum atomic E-state index is 0.136. The summed E-state index contributed by atoms with van der Waals surface area (Å²) in [5, 5.41) is 0. The molecular weight excluding hydrogens is 186 g/mol. The van der Waals surface area contributed by atoms with Crippen LogP contribution in [-0.2, 0) is 5.41 Å². The Bertz CT molecular complexity index is 503. The molecule has 1 aliphatic rings. The van der Waals surface area contributed by atoms with Crippen LogP contribution >= 0.6 is 0 Å². The number of fused-ring (bicyclic) bond motifs is 1. The Balaban J connectivity index is 2.14. The van der Waals surface area contributed by atoms with Crippen molar-refractivity contribution in [1.29, 1.82) is 0 Å². The Labute approximate surface area is 88.3 Å². The van der Waals surface area contributed by atoms with Crippen molar-refractivity contribution >= 4 is 11.0 Å². The molecule has 0 saturated heterocycles. The second-order valence-electron chi connectivity index (χ2n) is 4.23. The van der Waals surface area contributed by atoms with Gasteiger partial charge in [0.05, 0.1) is 16.7 Å². The van der Waals surface area contributed by atoms with Crippen molar-refractivity contribution in [3.8, 4) is 0 Å². The summed E-state index contributed by atoms with van der Waals surface area (Å²) in [4.78, 5) is 9.06. The molecule has 0 aliphatic heterocycles. The summed E-state index contributed by atoms with van der Waals surface area (Å²) < 4.78 is 0. The number of nitrogens with two attached hydrogens (primary N) is 1. The minimum absolute atomic E-state index is 0.136. The Morgan fingerprint density at radius 1 is 1.20 bits per heavy atom. The lowest BCUT2D eigenvalue weighted by Crippen LogP contribution is -2.21. The highest BCUT2D eigenvalue weighted by molar-refractivity contribution is 5.73. The van der Waals surface area contributed by atoms with E-state index in [2.05, 4.69) is 9.97 Å². The fourth-order valence-electron chi connectivity index (χ4n) is 1.93. The molecule has 0 radical (unpaired) electrons. The lowest BCUT2D eigenvalue weighted by Gasteiger charge is -2.11. The van der Waals surface area contributed by atoms with E-state index >= 15 is 0 Å². The molecule has 2 aromatic rings. The molecule has 0 bridgehead atoms. The molecule has 3 rings (SSSR count). The first kappa shape index (κ1) is 8.80. The van der Waals surface area contributed by atoms with Gasteiger partial charge in [-0.05, 0) is 25.0 Å². The molecule has 3 nitrogen and oxygen atoms in total. The molecule has 15 heavy (non-hydrogen) atoms. The van der Waals surface area contributed by atoms with Crippen LogP contribution in [0.2, 0.25) is 0 Å². The minimum Gasteiger partial charge on any atom is -0.330 e. The third kappa shape index (κ3) is 1.31. The fourth-order valence-corrected chi connectivity index (χ4v) is 1.93. The van der Waals surface area contributed by atoms with E-state index in [9.17, 15) is 0 Å². The van der Waals surface area contributed by atoms with Gasteiger partial charge in [-0.1, -0.05) is 12.1 Å². The normalized spacial score (nSPS) is 17.9. The quantitative estimate of drug-likeness (QED) is 0.799. The van der Waals surface area contributed by atoms with Gasteiger partial charge in [0.2, 0.25) is 0 Å². The number of para-hydroxylation sites is 2. The summed E-state index contributed by atoms with van der Waals surface area (Å²) in [5.74, 6) is 0. The molecule has 0 unspecified atom stereocenters. The highest BCUT2D eigenvalue weighted by Crippen LogP contribution is 2.46. The average Bonchev–Trinajstić information content (AvgIpc) is 3.09. The molecule has 1 aromatic heterocycles. The van der Waals surface area contributed by atoms with Gasteiger partial charge in [-0.25, -0.2) is 4.98 Å². The number of hydrogen-bond donors (Lipinski definition) is 1. The molecule has 1 aliphatic carbocycles. The van der Waals surface area contributed by atoms with Crippen LogP contribution in [0.3, 0.4) is 0 Å². The van der Waals surface area contributed by atoms with Gasteiger partial charge in [0.25, 0.3) is 0 Å².